The minimum atomic E-state index is 0.0707. The zero-order valence-electron chi connectivity index (χ0n) is 10.9. The summed E-state index contributed by atoms with van der Waals surface area (Å²) in [6.45, 7) is 0.460. The number of nitrogens with zero attached hydrogens (tertiary/aromatic N) is 1. The number of carbonyl (C=O) groups excluding carboxylic acids is 1. The highest BCUT2D eigenvalue weighted by Gasteiger charge is 2.44. The van der Waals surface area contributed by atoms with Crippen molar-refractivity contribution in [2.75, 3.05) is 13.6 Å². The van der Waals surface area contributed by atoms with Crippen molar-refractivity contribution < 1.29 is 4.79 Å². The van der Waals surface area contributed by atoms with E-state index in [1.165, 1.54) is 18.4 Å². The number of nitrogens with one attached hydrogen (secondary N) is 1. The first-order valence-corrected chi connectivity index (χ1v) is 6.77. The summed E-state index contributed by atoms with van der Waals surface area (Å²) in [6, 6.07) is 11.0. The van der Waals surface area contributed by atoms with Crippen LogP contribution in [-0.2, 0) is 10.3 Å². The molecule has 1 N–H and O–H groups in total. The van der Waals surface area contributed by atoms with Gasteiger partial charge in [-0.05, 0) is 31.2 Å². The van der Waals surface area contributed by atoms with Gasteiger partial charge in [0.2, 0.25) is 5.91 Å². The van der Waals surface area contributed by atoms with E-state index in [-0.39, 0.29) is 11.4 Å². The van der Waals surface area contributed by atoms with Gasteiger partial charge in [-0.1, -0.05) is 30.3 Å². The van der Waals surface area contributed by atoms with Gasteiger partial charge >= 0.3 is 0 Å². The van der Waals surface area contributed by atoms with Crippen LogP contribution in [0.15, 0.2) is 30.3 Å². The maximum Gasteiger partial charge on any atom is 0.236 e. The highest BCUT2D eigenvalue weighted by Crippen LogP contribution is 2.45. The summed E-state index contributed by atoms with van der Waals surface area (Å²) in [7, 11) is 1.92. The lowest BCUT2D eigenvalue weighted by Crippen LogP contribution is -2.41. The van der Waals surface area contributed by atoms with Gasteiger partial charge in [0.05, 0.1) is 6.54 Å². The third-order valence-corrected chi connectivity index (χ3v) is 4.14. The average Bonchev–Trinajstić information content (AvgIpc) is 3.30. The summed E-state index contributed by atoms with van der Waals surface area (Å²) >= 11 is 0. The predicted molar refractivity (Wildman–Crippen MR) is 71.1 cm³/mol. The molecule has 3 nitrogen and oxygen atoms in total. The summed E-state index contributed by atoms with van der Waals surface area (Å²) in [4.78, 5) is 13.9. The van der Waals surface area contributed by atoms with Crippen molar-refractivity contribution in [2.24, 2.45) is 0 Å². The minimum absolute atomic E-state index is 0.0707. The molecule has 3 rings (SSSR count). The van der Waals surface area contributed by atoms with Gasteiger partial charge < -0.3 is 4.90 Å². The maximum absolute atomic E-state index is 12.0. The topological polar surface area (TPSA) is 32.3 Å². The molecule has 2 saturated carbocycles. The lowest BCUT2D eigenvalue weighted by Gasteiger charge is -2.21. The van der Waals surface area contributed by atoms with Crippen LogP contribution in [0, 0.1) is 0 Å². The molecule has 96 valence electrons. The van der Waals surface area contributed by atoms with Gasteiger partial charge in [0.15, 0.2) is 0 Å². The molecule has 18 heavy (non-hydrogen) atoms. The van der Waals surface area contributed by atoms with E-state index in [0.29, 0.717) is 12.6 Å². The third-order valence-electron chi connectivity index (χ3n) is 4.14. The van der Waals surface area contributed by atoms with Gasteiger partial charge in [-0.25, -0.2) is 0 Å². The molecular formula is C15H20N2O. The fraction of sp³-hybridized carbons (Fsp3) is 0.533. The van der Waals surface area contributed by atoms with E-state index in [4.69, 9.17) is 0 Å². The quantitative estimate of drug-likeness (QED) is 0.858. The normalized spacial score (nSPS) is 20.5. The summed E-state index contributed by atoms with van der Waals surface area (Å²) in [5.74, 6) is 0.222. The van der Waals surface area contributed by atoms with E-state index in [0.717, 1.165) is 12.8 Å². The van der Waals surface area contributed by atoms with Crippen LogP contribution in [0.5, 0.6) is 0 Å². The molecule has 0 bridgehead atoms. The van der Waals surface area contributed by atoms with Crippen LogP contribution < -0.4 is 5.32 Å². The van der Waals surface area contributed by atoms with E-state index in [9.17, 15) is 4.79 Å². The summed E-state index contributed by atoms with van der Waals surface area (Å²) in [5.41, 5.74) is 1.38. The van der Waals surface area contributed by atoms with Crippen molar-refractivity contribution in [2.45, 2.75) is 37.3 Å². The molecule has 2 aliphatic rings. The van der Waals surface area contributed by atoms with E-state index < -0.39 is 0 Å². The number of carbonyl (C=O) groups is 1. The Morgan fingerprint density at radius 2 is 2.00 bits per heavy atom. The van der Waals surface area contributed by atoms with Crippen molar-refractivity contribution in [1.82, 2.24) is 10.2 Å². The molecule has 0 atom stereocenters. The number of likely N-dealkylation sites (N-methyl/N-ethyl adjacent to an activating group) is 1. The molecule has 0 heterocycles. The van der Waals surface area contributed by atoms with Crippen LogP contribution in [0.3, 0.4) is 0 Å². The standard InChI is InChI=1S/C15H20N2O/c1-17(13-7-8-13)14(18)11-16-15(9-10-15)12-5-3-2-4-6-12/h2-6,13,16H,7-11H2,1H3. The van der Waals surface area contributed by atoms with Gasteiger partial charge in [0.1, 0.15) is 0 Å². The molecule has 1 aromatic rings. The molecule has 0 saturated heterocycles. The monoisotopic (exact) mass is 244 g/mol. The fourth-order valence-electron chi connectivity index (χ4n) is 2.48. The molecule has 2 aliphatic carbocycles. The molecule has 3 heteroatoms. The zero-order valence-corrected chi connectivity index (χ0v) is 10.9. The summed E-state index contributed by atoms with van der Waals surface area (Å²) in [6.07, 6.45) is 4.62. The van der Waals surface area contributed by atoms with Crippen LogP contribution in [0.25, 0.3) is 0 Å². The van der Waals surface area contributed by atoms with Crippen molar-refractivity contribution in [3.63, 3.8) is 0 Å². The molecule has 2 fully saturated rings. The Morgan fingerprint density at radius 1 is 1.33 bits per heavy atom. The Hall–Kier alpha value is -1.35. The third kappa shape index (κ3) is 2.27. The number of hydrogen-bond donors (Lipinski definition) is 1. The van der Waals surface area contributed by atoms with Crippen LogP contribution in [-0.4, -0.2) is 30.4 Å². The second kappa shape index (κ2) is 4.39. The molecule has 0 unspecified atom stereocenters. The number of hydrogen-bond acceptors (Lipinski definition) is 2. The molecule has 0 aromatic heterocycles. The lowest BCUT2D eigenvalue weighted by atomic mass is 10.1. The van der Waals surface area contributed by atoms with Crippen molar-refractivity contribution in [3.8, 4) is 0 Å². The number of rotatable bonds is 5. The van der Waals surface area contributed by atoms with Crippen LogP contribution in [0.2, 0.25) is 0 Å². The predicted octanol–water partition coefficient (Wildman–Crippen LogP) is 1.89. The van der Waals surface area contributed by atoms with Gasteiger partial charge in [0.25, 0.3) is 0 Å². The smallest absolute Gasteiger partial charge is 0.236 e. The maximum atomic E-state index is 12.0. The molecule has 1 amide bonds. The first kappa shape index (κ1) is 11.7. The van der Waals surface area contributed by atoms with Crippen molar-refractivity contribution >= 4 is 5.91 Å². The molecule has 0 spiro atoms. The minimum Gasteiger partial charge on any atom is -0.342 e. The van der Waals surface area contributed by atoms with Gasteiger partial charge in [-0.3, -0.25) is 10.1 Å². The van der Waals surface area contributed by atoms with E-state index in [2.05, 4.69) is 29.6 Å². The first-order valence-electron chi connectivity index (χ1n) is 6.77. The summed E-state index contributed by atoms with van der Waals surface area (Å²) in [5, 5.41) is 3.46. The first-order chi connectivity index (χ1) is 8.71. The number of amides is 1. The van der Waals surface area contributed by atoms with Crippen LogP contribution in [0.1, 0.15) is 31.2 Å². The highest BCUT2D eigenvalue weighted by molar-refractivity contribution is 5.78. The van der Waals surface area contributed by atoms with Gasteiger partial charge in [-0.2, -0.15) is 0 Å². The molecule has 0 aliphatic heterocycles. The second-order valence-corrected chi connectivity index (χ2v) is 5.54. The Kier molecular flexibility index (Phi) is 2.86. The van der Waals surface area contributed by atoms with Crippen molar-refractivity contribution in [3.05, 3.63) is 35.9 Å². The van der Waals surface area contributed by atoms with Crippen molar-refractivity contribution in [1.29, 1.82) is 0 Å². The van der Waals surface area contributed by atoms with E-state index in [1.54, 1.807) is 0 Å². The molecule has 1 aromatic carbocycles. The summed E-state index contributed by atoms with van der Waals surface area (Å²) < 4.78 is 0. The Bertz CT molecular complexity index is 435. The fourth-order valence-corrected chi connectivity index (χ4v) is 2.48. The second-order valence-electron chi connectivity index (χ2n) is 5.54. The average molecular weight is 244 g/mol. The van der Waals surface area contributed by atoms with Crippen LogP contribution in [0.4, 0.5) is 0 Å². The van der Waals surface area contributed by atoms with E-state index >= 15 is 0 Å². The lowest BCUT2D eigenvalue weighted by molar-refractivity contribution is -0.129. The molecular weight excluding hydrogens is 224 g/mol. The van der Waals surface area contributed by atoms with Gasteiger partial charge in [-0.15, -0.1) is 0 Å². The SMILES string of the molecule is CN(C(=O)CNC1(c2ccccc2)CC1)C1CC1. The Balaban J connectivity index is 1.58. The van der Waals surface area contributed by atoms with Gasteiger partial charge in [0, 0.05) is 18.6 Å². The zero-order chi connectivity index (χ0) is 12.6. The Morgan fingerprint density at radius 3 is 2.56 bits per heavy atom. The Labute approximate surface area is 108 Å². The van der Waals surface area contributed by atoms with Crippen LogP contribution >= 0.6 is 0 Å². The number of benzene rings is 1. The largest absolute Gasteiger partial charge is 0.342 e. The molecule has 0 radical (unpaired) electrons. The highest BCUT2D eigenvalue weighted by atomic mass is 16.2. The van der Waals surface area contributed by atoms with E-state index in [1.807, 2.05) is 18.0 Å².